The first-order chi connectivity index (χ1) is 14.0. The van der Waals surface area contributed by atoms with Gasteiger partial charge >= 0.3 is 5.97 Å². The van der Waals surface area contributed by atoms with Crippen LogP contribution in [-0.4, -0.2) is 50.9 Å². The number of nitrogens with one attached hydrogen (secondary N) is 2. The van der Waals surface area contributed by atoms with Gasteiger partial charge in [-0.05, 0) is 70.7 Å². The normalized spacial score (nSPS) is 19.8. The van der Waals surface area contributed by atoms with Crippen LogP contribution in [-0.2, 0) is 9.53 Å². The number of carbonyl (C=O) groups is 1. The monoisotopic (exact) mass is 533 g/mol. The molecule has 1 aromatic rings. The Bertz CT molecular complexity index is 646. The molecule has 1 unspecified atom stereocenters. The summed E-state index contributed by atoms with van der Waals surface area (Å²) < 4.78 is 16.2. The van der Waals surface area contributed by atoms with E-state index in [0.29, 0.717) is 19.2 Å². The van der Waals surface area contributed by atoms with Crippen molar-refractivity contribution in [3.63, 3.8) is 0 Å². The van der Waals surface area contributed by atoms with E-state index in [0.717, 1.165) is 49.7 Å². The number of aliphatic imine (C=N–C) groups is 1. The van der Waals surface area contributed by atoms with Gasteiger partial charge in [0.2, 0.25) is 0 Å². The van der Waals surface area contributed by atoms with Gasteiger partial charge in [0.05, 0.1) is 26.2 Å². The lowest BCUT2D eigenvalue weighted by Gasteiger charge is -2.29. The number of carbonyl (C=O) groups excluding carboxylic acids is 1. The maximum atomic E-state index is 11.9. The van der Waals surface area contributed by atoms with E-state index < -0.39 is 0 Å². The minimum Gasteiger partial charge on any atom is -0.497 e. The zero-order valence-electron chi connectivity index (χ0n) is 18.5. The van der Waals surface area contributed by atoms with Crippen LogP contribution in [0.4, 0.5) is 0 Å². The summed E-state index contributed by atoms with van der Waals surface area (Å²) in [5, 5.41) is 6.79. The van der Waals surface area contributed by atoms with Crippen molar-refractivity contribution in [1.82, 2.24) is 10.6 Å². The van der Waals surface area contributed by atoms with Crippen LogP contribution in [0.3, 0.4) is 0 Å². The highest BCUT2D eigenvalue weighted by molar-refractivity contribution is 14.0. The van der Waals surface area contributed by atoms with Gasteiger partial charge in [-0.3, -0.25) is 4.79 Å². The van der Waals surface area contributed by atoms with Crippen molar-refractivity contribution < 1.29 is 19.0 Å². The second kappa shape index (κ2) is 14.3. The third-order valence-electron chi connectivity index (χ3n) is 4.94. The Morgan fingerprint density at radius 3 is 2.33 bits per heavy atom. The fourth-order valence-electron chi connectivity index (χ4n) is 3.39. The maximum Gasteiger partial charge on any atom is 0.308 e. The number of halogens is 1. The molecule has 0 aliphatic heterocycles. The summed E-state index contributed by atoms with van der Waals surface area (Å²) in [5.41, 5.74) is 0. The Labute approximate surface area is 197 Å². The summed E-state index contributed by atoms with van der Waals surface area (Å²) in [6.07, 6.45) is 3.52. The lowest BCUT2D eigenvalue weighted by molar-refractivity contribution is -0.149. The summed E-state index contributed by atoms with van der Waals surface area (Å²) in [7, 11) is 1.64. The van der Waals surface area contributed by atoms with Gasteiger partial charge in [-0.2, -0.15) is 0 Å². The van der Waals surface area contributed by atoms with Crippen molar-refractivity contribution >= 4 is 35.9 Å². The maximum absolute atomic E-state index is 11.9. The van der Waals surface area contributed by atoms with Crippen LogP contribution in [0.1, 0.15) is 46.5 Å². The topological polar surface area (TPSA) is 81.2 Å². The highest BCUT2D eigenvalue weighted by Gasteiger charge is 2.27. The number of methoxy groups -OCH3 is 1. The van der Waals surface area contributed by atoms with Crippen LogP contribution < -0.4 is 20.1 Å². The van der Waals surface area contributed by atoms with Gasteiger partial charge in [0.25, 0.3) is 0 Å². The number of benzene rings is 1. The van der Waals surface area contributed by atoms with Gasteiger partial charge in [0.1, 0.15) is 17.6 Å². The largest absolute Gasteiger partial charge is 0.497 e. The van der Waals surface area contributed by atoms with Crippen LogP contribution in [0, 0.1) is 5.92 Å². The van der Waals surface area contributed by atoms with Gasteiger partial charge in [-0.25, -0.2) is 4.99 Å². The molecule has 8 heteroatoms. The van der Waals surface area contributed by atoms with E-state index in [1.165, 1.54) is 0 Å². The fraction of sp³-hybridized carbons (Fsp3) is 0.636. The van der Waals surface area contributed by atoms with Crippen LogP contribution in [0.25, 0.3) is 0 Å². The van der Waals surface area contributed by atoms with Gasteiger partial charge in [-0.1, -0.05) is 0 Å². The van der Waals surface area contributed by atoms with Crippen molar-refractivity contribution in [1.29, 1.82) is 0 Å². The molecule has 0 spiro atoms. The molecule has 7 nitrogen and oxygen atoms in total. The molecule has 0 radical (unpaired) electrons. The SMILES string of the molecule is CCNC(=NCC(C)Oc1ccc(OC)cc1)NC1CCC(C(=O)OCC)CC1.I. The molecule has 170 valence electrons. The minimum absolute atomic E-state index is 0. The molecule has 1 fully saturated rings. The van der Waals surface area contributed by atoms with E-state index in [1.54, 1.807) is 7.11 Å². The van der Waals surface area contributed by atoms with E-state index in [1.807, 2.05) is 45.0 Å². The third-order valence-corrected chi connectivity index (χ3v) is 4.94. The Balaban J connectivity index is 0.00000450. The van der Waals surface area contributed by atoms with E-state index in [2.05, 4.69) is 15.6 Å². The predicted octanol–water partition coefficient (Wildman–Crippen LogP) is 3.76. The van der Waals surface area contributed by atoms with E-state index >= 15 is 0 Å². The second-order valence-corrected chi connectivity index (χ2v) is 7.27. The quantitative estimate of drug-likeness (QED) is 0.218. The first-order valence-corrected chi connectivity index (χ1v) is 10.6. The fourth-order valence-corrected chi connectivity index (χ4v) is 3.39. The van der Waals surface area contributed by atoms with Gasteiger partial charge < -0.3 is 24.8 Å². The zero-order valence-corrected chi connectivity index (χ0v) is 20.8. The van der Waals surface area contributed by atoms with Crippen LogP contribution in [0.15, 0.2) is 29.3 Å². The van der Waals surface area contributed by atoms with Gasteiger partial charge in [0.15, 0.2) is 5.96 Å². The molecule has 0 heterocycles. The van der Waals surface area contributed by atoms with Crippen molar-refractivity contribution in [2.45, 2.75) is 58.6 Å². The Morgan fingerprint density at radius 1 is 1.13 bits per heavy atom. The number of guanidine groups is 1. The molecule has 1 aliphatic carbocycles. The first kappa shape index (κ1) is 26.3. The number of hydrogen-bond donors (Lipinski definition) is 2. The predicted molar refractivity (Wildman–Crippen MR) is 130 cm³/mol. The number of hydrogen-bond acceptors (Lipinski definition) is 5. The summed E-state index contributed by atoms with van der Waals surface area (Å²) in [6.45, 7) is 7.68. The van der Waals surface area contributed by atoms with Crippen molar-refractivity contribution in [2.24, 2.45) is 10.9 Å². The zero-order chi connectivity index (χ0) is 21.1. The molecule has 30 heavy (non-hydrogen) atoms. The molecule has 0 saturated heterocycles. The average Bonchev–Trinajstić information content (AvgIpc) is 2.73. The molecular weight excluding hydrogens is 497 g/mol. The van der Waals surface area contributed by atoms with E-state index in [9.17, 15) is 4.79 Å². The van der Waals surface area contributed by atoms with Crippen LogP contribution in [0.2, 0.25) is 0 Å². The molecule has 1 atom stereocenters. The lowest BCUT2D eigenvalue weighted by atomic mass is 9.86. The summed E-state index contributed by atoms with van der Waals surface area (Å²) in [4.78, 5) is 16.6. The number of esters is 1. The summed E-state index contributed by atoms with van der Waals surface area (Å²) in [5.74, 6) is 2.36. The van der Waals surface area contributed by atoms with Crippen LogP contribution >= 0.6 is 24.0 Å². The number of ether oxygens (including phenoxy) is 3. The summed E-state index contributed by atoms with van der Waals surface area (Å²) in [6, 6.07) is 7.86. The Hall–Kier alpha value is -1.71. The smallest absolute Gasteiger partial charge is 0.308 e. The molecule has 1 aromatic carbocycles. The minimum atomic E-state index is -0.0592. The molecule has 0 bridgehead atoms. The van der Waals surface area contributed by atoms with Crippen molar-refractivity contribution in [3.8, 4) is 11.5 Å². The molecule has 0 amide bonds. The van der Waals surface area contributed by atoms with Crippen LogP contribution in [0.5, 0.6) is 11.5 Å². The standard InChI is InChI=1S/C22H35N3O4.HI/c1-5-23-22(25-18-9-7-17(8-10-18)21(26)28-6-2)24-15-16(3)29-20-13-11-19(27-4)12-14-20;/h11-14,16-18H,5-10,15H2,1-4H3,(H2,23,24,25);1H. The molecule has 1 saturated carbocycles. The first-order valence-electron chi connectivity index (χ1n) is 10.6. The molecule has 2 N–H and O–H groups in total. The second-order valence-electron chi connectivity index (χ2n) is 7.27. The van der Waals surface area contributed by atoms with Gasteiger partial charge in [0, 0.05) is 12.6 Å². The number of nitrogens with zero attached hydrogens (tertiary/aromatic N) is 1. The summed E-state index contributed by atoms with van der Waals surface area (Å²) >= 11 is 0. The number of rotatable bonds is 9. The molecule has 2 rings (SSSR count). The highest BCUT2D eigenvalue weighted by atomic mass is 127. The molecule has 1 aliphatic rings. The average molecular weight is 533 g/mol. The third kappa shape index (κ3) is 8.97. The van der Waals surface area contributed by atoms with E-state index in [-0.39, 0.29) is 42.0 Å². The van der Waals surface area contributed by atoms with E-state index in [4.69, 9.17) is 14.2 Å². The Kier molecular flexibility index (Phi) is 12.6. The lowest BCUT2D eigenvalue weighted by Crippen LogP contribution is -2.45. The highest BCUT2D eigenvalue weighted by Crippen LogP contribution is 2.25. The molecular formula is C22H36IN3O4. The van der Waals surface area contributed by atoms with Crippen molar-refractivity contribution in [2.75, 3.05) is 26.8 Å². The Morgan fingerprint density at radius 2 is 1.77 bits per heavy atom. The van der Waals surface area contributed by atoms with Crippen molar-refractivity contribution in [3.05, 3.63) is 24.3 Å². The van der Waals surface area contributed by atoms with Gasteiger partial charge in [-0.15, -0.1) is 24.0 Å². The molecule has 0 aromatic heterocycles.